The molecule has 1 nitrogen and oxygen atoms in total. The zero-order chi connectivity index (χ0) is 53.2. The molecule has 0 saturated heterocycles. The fourth-order valence-corrected chi connectivity index (χ4v) is 19.3. The van der Waals surface area contributed by atoms with Gasteiger partial charge in [0, 0.05) is 12.8 Å². The van der Waals surface area contributed by atoms with Gasteiger partial charge in [0.2, 0.25) is 0 Å². The van der Waals surface area contributed by atoms with Gasteiger partial charge in [0.1, 0.15) is 5.78 Å². The van der Waals surface area contributed by atoms with Crippen molar-refractivity contribution in [2.24, 2.45) is 41.4 Å². The number of carbonyl (C=O) groups is 1. The van der Waals surface area contributed by atoms with Crippen molar-refractivity contribution in [3.05, 3.63) is 164 Å². The second-order valence-corrected chi connectivity index (χ2v) is 29.3. The minimum Gasteiger partial charge on any atom is -0.300 e. The van der Waals surface area contributed by atoms with Crippen LogP contribution in [0, 0.1) is 41.4 Å². The highest BCUT2D eigenvalue weighted by molar-refractivity contribution is 5.78. The minimum absolute atomic E-state index is 0.143. The molecule has 11 unspecified atom stereocenters. The van der Waals surface area contributed by atoms with E-state index < -0.39 is 0 Å². The van der Waals surface area contributed by atoms with E-state index in [1.54, 1.807) is 38.9 Å². The molecule has 0 radical (unpaired) electrons. The minimum atomic E-state index is 0.143. The Kier molecular flexibility index (Phi) is 15.0. The molecule has 0 aromatic heterocycles. The van der Waals surface area contributed by atoms with Gasteiger partial charge in [-0.05, 0) is 256 Å². The van der Waals surface area contributed by atoms with Gasteiger partial charge in [-0.3, -0.25) is 4.79 Å². The van der Waals surface area contributed by atoms with Gasteiger partial charge in [-0.15, -0.1) is 0 Å². The maximum absolute atomic E-state index is 13.1. The molecule has 5 aromatic carbocycles. The van der Waals surface area contributed by atoms with Gasteiger partial charge >= 0.3 is 0 Å². The van der Waals surface area contributed by atoms with E-state index in [1.807, 2.05) is 0 Å². The lowest BCUT2D eigenvalue weighted by molar-refractivity contribution is -0.119. The third-order valence-electron chi connectivity index (χ3n) is 23.2. The summed E-state index contributed by atoms with van der Waals surface area (Å²) in [5, 5.41) is 0. The van der Waals surface area contributed by atoms with Crippen molar-refractivity contribution in [2.75, 3.05) is 0 Å². The Bertz CT molecular complexity index is 2900. The van der Waals surface area contributed by atoms with Crippen molar-refractivity contribution >= 4 is 5.78 Å². The van der Waals surface area contributed by atoms with Crippen molar-refractivity contribution in [1.29, 1.82) is 0 Å². The zero-order valence-corrected chi connectivity index (χ0v) is 49.3. The molecule has 7 aliphatic rings. The van der Waals surface area contributed by atoms with Gasteiger partial charge in [0.25, 0.3) is 0 Å². The molecule has 12 rings (SSSR count). The zero-order valence-electron chi connectivity index (χ0n) is 49.3. The predicted octanol–water partition coefficient (Wildman–Crippen LogP) is 20.2. The number of carbonyl (C=O) groups excluding carboxylic acids is 1. The van der Waals surface area contributed by atoms with E-state index in [4.69, 9.17) is 0 Å². The molecule has 77 heavy (non-hydrogen) atoms. The maximum atomic E-state index is 13.1. The molecule has 2 bridgehead atoms. The van der Waals surface area contributed by atoms with Crippen molar-refractivity contribution in [1.82, 2.24) is 0 Å². The Balaban J connectivity index is 0.573. The maximum Gasteiger partial charge on any atom is 0.133 e. The summed E-state index contributed by atoms with van der Waals surface area (Å²) in [5.74, 6) is 9.38. The summed E-state index contributed by atoms with van der Waals surface area (Å²) in [4.78, 5) is 13.1. The van der Waals surface area contributed by atoms with Gasteiger partial charge in [-0.1, -0.05) is 191 Å². The normalized spacial score (nSPS) is 29.1. The number of fused-ring (bicyclic) bond motifs is 14. The lowest BCUT2D eigenvalue weighted by Crippen LogP contribution is -2.49. The first-order chi connectivity index (χ1) is 37.1. The SMILES string of the molecule is CCc1ccc2c(c1)C(C)(C)C1C2CCC2CC3CCC4c5ccc(CCCCCCCCC(=O)CCc6ccc(CCC7c8cc(-c9cccc(C(C)(C)C)c9)ccc8C8CCCC7C8)cc6)cc5C(C)(C)C4C3CC21. The molecule has 7 aliphatic carbocycles. The van der Waals surface area contributed by atoms with Crippen LogP contribution in [0.25, 0.3) is 11.1 Å². The summed E-state index contributed by atoms with van der Waals surface area (Å²) in [5.41, 5.74) is 20.8. The summed E-state index contributed by atoms with van der Waals surface area (Å²) in [6.07, 6.45) is 28.6. The van der Waals surface area contributed by atoms with Gasteiger partial charge < -0.3 is 0 Å². The molecule has 0 amide bonds. The van der Waals surface area contributed by atoms with Gasteiger partial charge in [0.15, 0.2) is 0 Å². The number of unbranched alkanes of at least 4 members (excludes halogenated alkanes) is 5. The van der Waals surface area contributed by atoms with Crippen LogP contribution in [0.3, 0.4) is 0 Å². The first kappa shape index (κ1) is 53.4. The summed E-state index contributed by atoms with van der Waals surface area (Å²) in [6.45, 7) is 19.9. The van der Waals surface area contributed by atoms with Crippen LogP contribution in [-0.2, 0) is 46.7 Å². The molecule has 0 spiro atoms. The van der Waals surface area contributed by atoms with E-state index in [2.05, 4.69) is 159 Å². The topological polar surface area (TPSA) is 17.1 Å². The van der Waals surface area contributed by atoms with Crippen LogP contribution in [0.5, 0.6) is 0 Å². The first-order valence-electron chi connectivity index (χ1n) is 32.3. The Hall–Kier alpha value is -4.23. The van der Waals surface area contributed by atoms with Gasteiger partial charge in [-0.2, -0.15) is 0 Å². The first-order valence-corrected chi connectivity index (χ1v) is 32.3. The molecular formula is C76H98O. The van der Waals surface area contributed by atoms with Crippen molar-refractivity contribution < 1.29 is 4.79 Å². The molecule has 0 N–H and O–H groups in total. The third-order valence-corrected chi connectivity index (χ3v) is 23.2. The van der Waals surface area contributed by atoms with E-state index >= 15 is 0 Å². The van der Waals surface area contributed by atoms with E-state index in [0.29, 0.717) is 18.1 Å². The third kappa shape index (κ3) is 10.3. The van der Waals surface area contributed by atoms with Crippen LogP contribution < -0.4 is 0 Å². The smallest absolute Gasteiger partial charge is 0.133 e. The van der Waals surface area contributed by atoms with E-state index in [0.717, 1.165) is 91.3 Å². The van der Waals surface area contributed by atoms with E-state index in [-0.39, 0.29) is 16.2 Å². The average molecular weight is 1030 g/mol. The van der Waals surface area contributed by atoms with Crippen LogP contribution in [0.4, 0.5) is 0 Å². The number of ketones is 1. The molecule has 11 atom stereocenters. The van der Waals surface area contributed by atoms with Crippen LogP contribution in [0.2, 0.25) is 0 Å². The van der Waals surface area contributed by atoms with E-state index in [1.165, 1.54) is 143 Å². The van der Waals surface area contributed by atoms with Crippen molar-refractivity contribution in [3.8, 4) is 11.1 Å². The lowest BCUT2D eigenvalue weighted by Gasteiger charge is -2.56. The second kappa shape index (κ2) is 21.7. The van der Waals surface area contributed by atoms with Gasteiger partial charge in [-0.25, -0.2) is 0 Å². The molecule has 0 aliphatic heterocycles. The highest BCUT2D eigenvalue weighted by Gasteiger charge is 2.60. The molecule has 4 saturated carbocycles. The monoisotopic (exact) mass is 1030 g/mol. The Morgan fingerprint density at radius 2 is 1.10 bits per heavy atom. The fraction of sp³-hybridized carbons (Fsp3) is 0.592. The average Bonchev–Trinajstić information content (AvgIpc) is 4.06. The number of hydrogen-bond donors (Lipinski definition) is 0. The van der Waals surface area contributed by atoms with Gasteiger partial charge in [0.05, 0.1) is 0 Å². The molecule has 5 aromatic rings. The summed E-state index contributed by atoms with van der Waals surface area (Å²) in [7, 11) is 0. The molecule has 1 heteroatoms. The van der Waals surface area contributed by atoms with Crippen LogP contribution >= 0.6 is 0 Å². The summed E-state index contributed by atoms with van der Waals surface area (Å²) >= 11 is 0. The van der Waals surface area contributed by atoms with Crippen LogP contribution in [0.1, 0.15) is 262 Å². The van der Waals surface area contributed by atoms with Crippen molar-refractivity contribution in [3.63, 3.8) is 0 Å². The quantitative estimate of drug-likeness (QED) is 0.0849. The number of rotatable bonds is 17. The van der Waals surface area contributed by atoms with Crippen LogP contribution in [0.15, 0.2) is 103 Å². The standard InChI is InChI=1S/C76H98O/c1-9-49-29-37-63-65-40-33-57-45-58-34-41-66-64-38-31-52(43-71(64)76(7,8)73(66)68(58)48-67(57)72(65)75(5,6)70(63)42-49)18-14-12-10-11-13-15-23-60(77)35-28-50-24-26-51(27-25-50)30-36-61-55-20-16-21-56(44-55)62-39-32-54(47-69(61)62)53-19-17-22-59(46-53)74(2,3)4/h17,19,22,24-27,29,31-32,37-39,42-43,46-47,55-58,61,65-68,72-73H,9-16,18,20-21,23,28,30,33-36,40-41,44-45,48H2,1-8H3. The number of aryl methyl sites for hydroxylation is 4. The van der Waals surface area contributed by atoms with Crippen molar-refractivity contribution in [2.45, 2.75) is 243 Å². The highest BCUT2D eigenvalue weighted by Crippen LogP contribution is 2.68. The molecule has 0 heterocycles. The second-order valence-electron chi connectivity index (χ2n) is 29.3. The Labute approximate surface area is 468 Å². The van der Waals surface area contributed by atoms with E-state index in [9.17, 15) is 4.79 Å². The number of Topliss-reactive ketones (excluding diaryl/α,β-unsaturated/α-hetero) is 1. The van der Waals surface area contributed by atoms with Crippen LogP contribution in [-0.4, -0.2) is 5.78 Å². The summed E-state index contributed by atoms with van der Waals surface area (Å²) < 4.78 is 0. The number of hydrogen-bond acceptors (Lipinski definition) is 1. The Morgan fingerprint density at radius 1 is 0.506 bits per heavy atom. The highest BCUT2D eigenvalue weighted by atomic mass is 16.1. The molecule has 408 valence electrons. The summed E-state index contributed by atoms with van der Waals surface area (Å²) in [6, 6.07) is 41.5. The Morgan fingerprint density at radius 3 is 1.78 bits per heavy atom. The molecular weight excluding hydrogens is 929 g/mol. The largest absolute Gasteiger partial charge is 0.300 e. The molecule has 4 fully saturated rings. The fourth-order valence-electron chi connectivity index (χ4n) is 19.3. The number of benzene rings is 5. The predicted molar refractivity (Wildman–Crippen MR) is 325 cm³/mol. The lowest BCUT2D eigenvalue weighted by atomic mass is 9.48.